The number of ether oxygens (including phenoxy) is 2. The molecule has 0 saturated heterocycles. The minimum Gasteiger partial charge on any atom is -0.493 e. The minimum atomic E-state index is -0.435. The summed E-state index contributed by atoms with van der Waals surface area (Å²) in [6, 6.07) is 5.60. The molecule has 148 valence electrons. The number of nitrogens with one attached hydrogen (secondary N) is 1. The molecule has 8 nitrogen and oxygen atoms in total. The van der Waals surface area contributed by atoms with Crippen LogP contribution in [0.3, 0.4) is 0 Å². The summed E-state index contributed by atoms with van der Waals surface area (Å²) < 4.78 is 12.0. The highest BCUT2D eigenvalue weighted by Crippen LogP contribution is 2.40. The Hall–Kier alpha value is -2.43. The van der Waals surface area contributed by atoms with E-state index >= 15 is 0 Å². The number of nitrogens with zero attached hydrogens (tertiary/aromatic N) is 3. The second-order valence-electron chi connectivity index (χ2n) is 5.71. The van der Waals surface area contributed by atoms with Gasteiger partial charge in [0.2, 0.25) is 0 Å². The lowest BCUT2D eigenvalue weighted by Gasteiger charge is -2.13. The van der Waals surface area contributed by atoms with Gasteiger partial charge in [-0.25, -0.2) is 4.98 Å². The molecule has 0 amide bonds. The van der Waals surface area contributed by atoms with Gasteiger partial charge < -0.3 is 14.8 Å². The molecule has 0 atom stereocenters. The highest BCUT2D eigenvalue weighted by atomic mass is 32.2. The number of benzene rings is 1. The van der Waals surface area contributed by atoms with Crippen LogP contribution >= 0.6 is 23.1 Å². The average Bonchev–Trinajstić information content (AvgIpc) is 3.16. The van der Waals surface area contributed by atoms with Crippen LogP contribution in [-0.4, -0.2) is 41.7 Å². The van der Waals surface area contributed by atoms with Crippen molar-refractivity contribution in [2.75, 3.05) is 26.8 Å². The van der Waals surface area contributed by atoms with E-state index in [0.717, 1.165) is 46.6 Å². The Labute approximate surface area is 170 Å². The summed E-state index contributed by atoms with van der Waals surface area (Å²) in [7, 11) is 1.60. The summed E-state index contributed by atoms with van der Waals surface area (Å²) in [5.41, 5.74) is 0.763. The van der Waals surface area contributed by atoms with Crippen LogP contribution in [0.15, 0.2) is 39.8 Å². The lowest BCUT2D eigenvalue weighted by atomic mass is 10.2. The van der Waals surface area contributed by atoms with E-state index < -0.39 is 4.92 Å². The van der Waals surface area contributed by atoms with Crippen molar-refractivity contribution in [3.8, 4) is 11.5 Å². The van der Waals surface area contributed by atoms with Crippen molar-refractivity contribution >= 4 is 39.0 Å². The van der Waals surface area contributed by atoms with Crippen molar-refractivity contribution in [1.82, 2.24) is 15.3 Å². The number of hydrogen-bond donors (Lipinski definition) is 1. The molecule has 0 aliphatic heterocycles. The number of fused-ring (bicyclic) bond motifs is 1. The quantitative estimate of drug-likeness (QED) is 0.297. The fourth-order valence-corrected chi connectivity index (χ4v) is 4.37. The Bertz CT molecular complexity index is 964. The molecule has 0 fully saturated rings. The zero-order valence-electron chi connectivity index (χ0n) is 15.5. The van der Waals surface area contributed by atoms with Gasteiger partial charge in [0, 0.05) is 22.5 Å². The topological polar surface area (TPSA) is 99.4 Å². The molecule has 2 aromatic heterocycles. The van der Waals surface area contributed by atoms with Crippen LogP contribution in [0.5, 0.6) is 11.5 Å². The van der Waals surface area contributed by atoms with Gasteiger partial charge >= 0.3 is 5.00 Å². The molecule has 10 heteroatoms. The Kier molecular flexibility index (Phi) is 7.01. The number of hydrogen-bond acceptors (Lipinski definition) is 9. The number of pyridine rings is 1. The summed E-state index contributed by atoms with van der Waals surface area (Å²) in [6.45, 7) is 4.47. The van der Waals surface area contributed by atoms with Crippen LogP contribution in [0.1, 0.15) is 13.3 Å². The predicted octanol–water partition coefficient (Wildman–Crippen LogP) is 4.14. The van der Waals surface area contributed by atoms with Crippen molar-refractivity contribution in [2.24, 2.45) is 0 Å². The number of aromatic nitrogens is 2. The zero-order valence-corrected chi connectivity index (χ0v) is 17.1. The first-order valence-corrected chi connectivity index (χ1v) is 10.3. The molecule has 0 aliphatic carbocycles. The van der Waals surface area contributed by atoms with Gasteiger partial charge in [0.15, 0.2) is 15.8 Å². The Balaban J connectivity index is 1.83. The third kappa shape index (κ3) is 4.89. The summed E-state index contributed by atoms with van der Waals surface area (Å²) in [4.78, 5) is 19.9. The third-order valence-corrected chi connectivity index (χ3v) is 5.94. The largest absolute Gasteiger partial charge is 0.493 e. The molecule has 0 unspecified atom stereocenters. The maximum atomic E-state index is 10.9. The van der Waals surface area contributed by atoms with Crippen LogP contribution in [0.4, 0.5) is 5.00 Å². The second-order valence-corrected chi connectivity index (χ2v) is 8.01. The maximum absolute atomic E-state index is 10.9. The molecular weight excluding hydrogens is 400 g/mol. The van der Waals surface area contributed by atoms with Gasteiger partial charge in [-0.15, -0.1) is 0 Å². The Morgan fingerprint density at radius 2 is 2.18 bits per heavy atom. The molecule has 0 saturated carbocycles. The van der Waals surface area contributed by atoms with Crippen LogP contribution in [0.2, 0.25) is 0 Å². The van der Waals surface area contributed by atoms with E-state index in [-0.39, 0.29) is 5.00 Å². The summed E-state index contributed by atoms with van der Waals surface area (Å²) in [6.07, 6.45) is 3.87. The van der Waals surface area contributed by atoms with Crippen LogP contribution in [0, 0.1) is 10.1 Å². The summed E-state index contributed by atoms with van der Waals surface area (Å²) >= 11 is 2.41. The molecule has 1 N–H and O–H groups in total. The summed E-state index contributed by atoms with van der Waals surface area (Å²) in [5, 5.41) is 15.0. The molecule has 0 bridgehead atoms. The molecule has 0 aliphatic rings. The van der Waals surface area contributed by atoms with E-state index in [2.05, 4.69) is 22.2 Å². The highest BCUT2D eigenvalue weighted by Gasteiger charge is 2.15. The van der Waals surface area contributed by atoms with Gasteiger partial charge in [-0.3, -0.25) is 15.1 Å². The van der Waals surface area contributed by atoms with Gasteiger partial charge in [-0.05, 0) is 43.0 Å². The molecule has 3 rings (SSSR count). The molecule has 28 heavy (non-hydrogen) atoms. The van der Waals surface area contributed by atoms with E-state index in [1.807, 2.05) is 18.2 Å². The van der Waals surface area contributed by atoms with Crippen molar-refractivity contribution < 1.29 is 14.4 Å². The van der Waals surface area contributed by atoms with Crippen LogP contribution in [-0.2, 0) is 0 Å². The zero-order chi connectivity index (χ0) is 19.9. The lowest BCUT2D eigenvalue weighted by Crippen LogP contribution is -2.16. The van der Waals surface area contributed by atoms with Gasteiger partial charge in [0.25, 0.3) is 0 Å². The Morgan fingerprint density at radius 3 is 2.89 bits per heavy atom. The second kappa shape index (κ2) is 9.67. The molecule has 2 heterocycles. The first-order valence-electron chi connectivity index (χ1n) is 8.70. The van der Waals surface area contributed by atoms with E-state index in [0.29, 0.717) is 22.4 Å². The van der Waals surface area contributed by atoms with Crippen molar-refractivity contribution in [3.63, 3.8) is 0 Å². The van der Waals surface area contributed by atoms with Crippen molar-refractivity contribution in [3.05, 3.63) is 40.7 Å². The minimum absolute atomic E-state index is 0.0201. The SMILES string of the molecule is CCNCCCOc1cc2nccc(Sc3ncc([N+](=O)[O-])s3)c2cc1OC. The average molecular weight is 421 g/mol. The van der Waals surface area contributed by atoms with Crippen LogP contribution in [0.25, 0.3) is 10.9 Å². The van der Waals surface area contributed by atoms with E-state index in [1.54, 1.807) is 13.3 Å². The monoisotopic (exact) mass is 420 g/mol. The number of rotatable bonds is 10. The van der Waals surface area contributed by atoms with Crippen LogP contribution < -0.4 is 14.8 Å². The molecule has 3 aromatic rings. The normalized spacial score (nSPS) is 10.9. The fraction of sp³-hybridized carbons (Fsp3) is 0.333. The van der Waals surface area contributed by atoms with Crippen molar-refractivity contribution in [1.29, 1.82) is 0 Å². The lowest BCUT2D eigenvalue weighted by molar-refractivity contribution is -0.380. The number of methoxy groups -OCH3 is 1. The highest BCUT2D eigenvalue weighted by molar-refractivity contribution is 8.01. The fourth-order valence-electron chi connectivity index (χ4n) is 2.52. The smallest absolute Gasteiger partial charge is 0.344 e. The molecular formula is C18H20N4O4S2. The maximum Gasteiger partial charge on any atom is 0.344 e. The number of thiazole rings is 1. The first-order chi connectivity index (χ1) is 13.6. The predicted molar refractivity (Wildman–Crippen MR) is 110 cm³/mol. The van der Waals surface area contributed by atoms with Crippen molar-refractivity contribution in [2.45, 2.75) is 22.6 Å². The van der Waals surface area contributed by atoms with E-state index in [4.69, 9.17) is 9.47 Å². The first kappa shape index (κ1) is 20.3. The molecule has 1 aromatic carbocycles. The number of nitro groups is 1. The van der Waals surface area contributed by atoms with Gasteiger partial charge in [-0.2, -0.15) is 0 Å². The molecule has 0 spiro atoms. The van der Waals surface area contributed by atoms with Gasteiger partial charge in [0.05, 0.1) is 24.2 Å². The standard InChI is InChI=1S/C18H20N4O4S2/c1-3-19-6-4-8-26-15-10-13-12(9-14(15)25-2)16(5-7-20-13)27-18-21-11-17(28-18)22(23)24/h5,7,9-11,19H,3-4,6,8H2,1-2H3. The van der Waals surface area contributed by atoms with E-state index in [9.17, 15) is 10.1 Å². The Morgan fingerprint density at radius 1 is 1.32 bits per heavy atom. The third-order valence-electron chi connectivity index (χ3n) is 3.84. The van der Waals surface area contributed by atoms with Gasteiger partial charge in [-0.1, -0.05) is 18.7 Å². The van der Waals surface area contributed by atoms with Gasteiger partial charge in [0.1, 0.15) is 6.20 Å². The summed E-state index contributed by atoms with van der Waals surface area (Å²) in [5.74, 6) is 1.27. The van der Waals surface area contributed by atoms with E-state index in [1.165, 1.54) is 18.0 Å². The molecule has 0 radical (unpaired) electrons.